The van der Waals surface area contributed by atoms with Gasteiger partial charge in [-0.15, -0.1) is 0 Å². The topological polar surface area (TPSA) is 32.8 Å². The Hall–Kier alpha value is -1.55. The standard InChI is InChI=1S/C18H28N2O2/c1-4-19-13-14-20(12-11-18(19)21)15(2)5-6-16-7-9-17(22-3)10-8-16/h7-10,15H,4-6,11-14H2,1-3H3. The minimum atomic E-state index is 0.298. The summed E-state index contributed by atoms with van der Waals surface area (Å²) < 4.78 is 5.19. The summed E-state index contributed by atoms with van der Waals surface area (Å²) in [5.41, 5.74) is 1.34. The van der Waals surface area contributed by atoms with Crippen LogP contribution in [0, 0.1) is 0 Å². The van der Waals surface area contributed by atoms with Gasteiger partial charge in [-0.3, -0.25) is 9.69 Å². The number of hydrogen-bond acceptors (Lipinski definition) is 3. The first-order valence-electron chi connectivity index (χ1n) is 8.28. The molecule has 1 aliphatic heterocycles. The first kappa shape index (κ1) is 16.8. The van der Waals surface area contributed by atoms with Crippen LogP contribution in [0.25, 0.3) is 0 Å². The minimum absolute atomic E-state index is 0.298. The Morgan fingerprint density at radius 3 is 2.55 bits per heavy atom. The van der Waals surface area contributed by atoms with Gasteiger partial charge in [0.25, 0.3) is 0 Å². The fourth-order valence-electron chi connectivity index (χ4n) is 3.01. The number of carbonyl (C=O) groups excluding carboxylic acids is 1. The first-order valence-corrected chi connectivity index (χ1v) is 8.28. The van der Waals surface area contributed by atoms with Crippen LogP contribution >= 0.6 is 0 Å². The Balaban J connectivity index is 1.83. The molecular formula is C18H28N2O2. The Morgan fingerprint density at radius 1 is 1.18 bits per heavy atom. The van der Waals surface area contributed by atoms with E-state index in [4.69, 9.17) is 4.74 Å². The van der Waals surface area contributed by atoms with E-state index in [0.29, 0.717) is 18.4 Å². The van der Waals surface area contributed by atoms with E-state index in [2.05, 4.69) is 30.9 Å². The van der Waals surface area contributed by atoms with Crippen molar-refractivity contribution in [3.05, 3.63) is 29.8 Å². The van der Waals surface area contributed by atoms with Crippen LogP contribution in [0.2, 0.25) is 0 Å². The molecule has 0 spiro atoms. The summed E-state index contributed by atoms with van der Waals surface area (Å²) in [5.74, 6) is 1.20. The van der Waals surface area contributed by atoms with Crippen LogP contribution in [0.3, 0.4) is 0 Å². The predicted molar refractivity (Wildman–Crippen MR) is 89.2 cm³/mol. The van der Waals surface area contributed by atoms with Crippen LogP contribution < -0.4 is 4.74 Å². The lowest BCUT2D eigenvalue weighted by Crippen LogP contribution is -2.37. The summed E-state index contributed by atoms with van der Waals surface area (Å²) in [5, 5.41) is 0. The molecule has 1 unspecified atom stereocenters. The maximum atomic E-state index is 11.9. The smallest absolute Gasteiger partial charge is 0.223 e. The summed E-state index contributed by atoms with van der Waals surface area (Å²) in [4.78, 5) is 16.4. The zero-order valence-electron chi connectivity index (χ0n) is 14.0. The Labute approximate surface area is 134 Å². The number of nitrogens with zero attached hydrogens (tertiary/aromatic N) is 2. The van der Waals surface area contributed by atoms with E-state index in [1.807, 2.05) is 17.0 Å². The van der Waals surface area contributed by atoms with Crippen LogP contribution in [0.4, 0.5) is 0 Å². The number of amides is 1. The van der Waals surface area contributed by atoms with E-state index >= 15 is 0 Å². The lowest BCUT2D eigenvalue weighted by atomic mass is 10.0. The van der Waals surface area contributed by atoms with Crippen LogP contribution in [0.1, 0.15) is 32.3 Å². The summed E-state index contributed by atoms with van der Waals surface area (Å²) in [6.07, 6.45) is 2.83. The summed E-state index contributed by atoms with van der Waals surface area (Å²) in [6, 6.07) is 8.81. The highest BCUT2D eigenvalue weighted by molar-refractivity contribution is 5.76. The van der Waals surface area contributed by atoms with Gasteiger partial charge in [0.2, 0.25) is 5.91 Å². The number of methoxy groups -OCH3 is 1. The molecule has 0 radical (unpaired) electrons. The van der Waals surface area contributed by atoms with E-state index < -0.39 is 0 Å². The van der Waals surface area contributed by atoms with Gasteiger partial charge in [0.15, 0.2) is 0 Å². The number of hydrogen-bond donors (Lipinski definition) is 0. The van der Waals surface area contributed by atoms with E-state index in [-0.39, 0.29) is 0 Å². The van der Waals surface area contributed by atoms with Gasteiger partial charge in [0.1, 0.15) is 5.75 Å². The Morgan fingerprint density at radius 2 is 1.91 bits per heavy atom. The molecule has 0 saturated carbocycles. The second-order valence-corrected chi connectivity index (χ2v) is 6.00. The molecule has 1 aromatic rings. The molecular weight excluding hydrogens is 276 g/mol. The van der Waals surface area contributed by atoms with E-state index in [0.717, 1.165) is 44.8 Å². The second-order valence-electron chi connectivity index (χ2n) is 6.00. The van der Waals surface area contributed by atoms with Gasteiger partial charge in [0, 0.05) is 38.6 Å². The fourth-order valence-corrected chi connectivity index (χ4v) is 3.01. The van der Waals surface area contributed by atoms with Crippen molar-refractivity contribution < 1.29 is 9.53 Å². The average Bonchev–Trinajstić information content (AvgIpc) is 2.74. The van der Waals surface area contributed by atoms with Crippen molar-refractivity contribution in [3.8, 4) is 5.75 Å². The zero-order valence-corrected chi connectivity index (χ0v) is 14.0. The van der Waals surface area contributed by atoms with Gasteiger partial charge < -0.3 is 9.64 Å². The fraction of sp³-hybridized carbons (Fsp3) is 0.611. The largest absolute Gasteiger partial charge is 0.497 e. The summed E-state index contributed by atoms with van der Waals surface area (Å²) in [7, 11) is 1.69. The number of likely N-dealkylation sites (N-methyl/N-ethyl adjacent to an activating group) is 1. The highest BCUT2D eigenvalue weighted by Crippen LogP contribution is 2.16. The number of benzene rings is 1. The van der Waals surface area contributed by atoms with Crippen molar-refractivity contribution in [2.45, 2.75) is 39.2 Å². The van der Waals surface area contributed by atoms with Crippen LogP contribution in [0.15, 0.2) is 24.3 Å². The second kappa shape index (κ2) is 8.18. The summed E-state index contributed by atoms with van der Waals surface area (Å²) in [6.45, 7) is 7.90. The quantitative estimate of drug-likeness (QED) is 0.810. The molecule has 1 aliphatic rings. The molecule has 0 bridgehead atoms. The van der Waals surface area contributed by atoms with Crippen molar-refractivity contribution in [3.63, 3.8) is 0 Å². The van der Waals surface area contributed by atoms with Gasteiger partial charge in [-0.25, -0.2) is 0 Å². The van der Waals surface area contributed by atoms with Crippen LogP contribution in [0.5, 0.6) is 5.75 Å². The molecule has 0 N–H and O–H groups in total. The summed E-state index contributed by atoms with van der Waals surface area (Å²) >= 11 is 0. The molecule has 1 heterocycles. The van der Waals surface area contributed by atoms with Crippen molar-refractivity contribution in [1.82, 2.24) is 9.80 Å². The van der Waals surface area contributed by atoms with Crippen molar-refractivity contribution in [2.24, 2.45) is 0 Å². The zero-order chi connectivity index (χ0) is 15.9. The van der Waals surface area contributed by atoms with Crippen LogP contribution in [-0.2, 0) is 11.2 Å². The molecule has 2 rings (SSSR count). The van der Waals surface area contributed by atoms with Crippen LogP contribution in [-0.4, -0.2) is 55.0 Å². The average molecular weight is 304 g/mol. The minimum Gasteiger partial charge on any atom is -0.497 e. The third kappa shape index (κ3) is 4.47. The normalized spacial score (nSPS) is 18.1. The molecule has 1 saturated heterocycles. The molecule has 1 fully saturated rings. The maximum absolute atomic E-state index is 11.9. The Kier molecular flexibility index (Phi) is 6.25. The third-order valence-corrected chi connectivity index (χ3v) is 4.64. The van der Waals surface area contributed by atoms with Crippen molar-refractivity contribution in [1.29, 1.82) is 0 Å². The van der Waals surface area contributed by atoms with Gasteiger partial charge in [-0.05, 0) is 44.4 Å². The number of rotatable bonds is 6. The number of aryl methyl sites for hydroxylation is 1. The van der Waals surface area contributed by atoms with Gasteiger partial charge in [-0.1, -0.05) is 12.1 Å². The predicted octanol–water partition coefficient (Wildman–Crippen LogP) is 2.57. The van der Waals surface area contributed by atoms with Crippen molar-refractivity contribution in [2.75, 3.05) is 33.3 Å². The lowest BCUT2D eigenvalue weighted by Gasteiger charge is -2.27. The highest BCUT2D eigenvalue weighted by atomic mass is 16.5. The molecule has 4 nitrogen and oxygen atoms in total. The molecule has 0 aromatic heterocycles. The molecule has 122 valence electrons. The SMILES string of the molecule is CCN1CCN(C(C)CCc2ccc(OC)cc2)CCC1=O. The molecule has 0 aliphatic carbocycles. The molecule has 4 heteroatoms. The highest BCUT2D eigenvalue weighted by Gasteiger charge is 2.22. The monoisotopic (exact) mass is 304 g/mol. The first-order chi connectivity index (χ1) is 10.6. The molecule has 22 heavy (non-hydrogen) atoms. The van der Waals surface area contributed by atoms with E-state index in [1.165, 1.54) is 5.56 Å². The van der Waals surface area contributed by atoms with E-state index in [1.54, 1.807) is 7.11 Å². The molecule has 1 amide bonds. The van der Waals surface area contributed by atoms with Gasteiger partial charge in [-0.2, -0.15) is 0 Å². The molecule has 1 aromatic carbocycles. The lowest BCUT2D eigenvalue weighted by molar-refractivity contribution is -0.130. The van der Waals surface area contributed by atoms with Gasteiger partial charge in [0.05, 0.1) is 7.11 Å². The molecule has 1 atom stereocenters. The third-order valence-electron chi connectivity index (χ3n) is 4.64. The Bertz CT molecular complexity index is 472. The maximum Gasteiger partial charge on any atom is 0.223 e. The van der Waals surface area contributed by atoms with E-state index in [9.17, 15) is 4.79 Å². The van der Waals surface area contributed by atoms with Crippen molar-refractivity contribution >= 4 is 5.91 Å². The number of carbonyl (C=O) groups is 1. The number of ether oxygens (including phenoxy) is 1. The van der Waals surface area contributed by atoms with Gasteiger partial charge >= 0.3 is 0 Å².